The van der Waals surface area contributed by atoms with E-state index in [-0.39, 0.29) is 0 Å². The van der Waals surface area contributed by atoms with Gasteiger partial charge in [-0.05, 0) is 30.4 Å². The van der Waals surface area contributed by atoms with Crippen LogP contribution >= 0.6 is 12.2 Å². The van der Waals surface area contributed by atoms with Crippen LogP contribution < -0.4 is 5.73 Å². The van der Waals surface area contributed by atoms with Crippen LogP contribution in [0.25, 0.3) is 10.9 Å². The first-order valence-corrected chi connectivity index (χ1v) is 7.13. The minimum atomic E-state index is 0.295. The van der Waals surface area contributed by atoms with Crippen LogP contribution in [0.4, 0.5) is 0 Å². The van der Waals surface area contributed by atoms with E-state index < -0.39 is 0 Å². The highest BCUT2D eigenvalue weighted by atomic mass is 32.1. The lowest BCUT2D eigenvalue weighted by atomic mass is 10.1. The summed E-state index contributed by atoms with van der Waals surface area (Å²) in [6.07, 6.45) is 6.38. The molecule has 0 amide bonds. The van der Waals surface area contributed by atoms with Crippen LogP contribution in [0, 0.1) is 0 Å². The fourth-order valence-electron chi connectivity index (χ4n) is 2.28. The minimum absolute atomic E-state index is 0.295. The molecule has 0 unspecified atom stereocenters. The summed E-state index contributed by atoms with van der Waals surface area (Å²) >= 11 is 5.02. The van der Waals surface area contributed by atoms with Crippen molar-refractivity contribution in [3.8, 4) is 0 Å². The molecular weight excluding hydrogens is 256 g/mol. The Morgan fingerprint density at radius 1 is 1.16 bits per heavy atom. The highest BCUT2D eigenvalue weighted by molar-refractivity contribution is 7.80. The van der Waals surface area contributed by atoms with Gasteiger partial charge in [0, 0.05) is 30.4 Å². The smallest absolute Gasteiger partial charge is 0.104 e. The lowest BCUT2D eigenvalue weighted by molar-refractivity contribution is 0.282. The van der Waals surface area contributed by atoms with Gasteiger partial charge in [-0.3, -0.25) is 0 Å². The molecule has 0 aliphatic carbocycles. The van der Waals surface area contributed by atoms with Crippen LogP contribution in [-0.2, 0) is 6.54 Å². The Morgan fingerprint density at radius 2 is 1.95 bits per heavy atom. The van der Waals surface area contributed by atoms with Gasteiger partial charge in [-0.15, -0.1) is 0 Å². The summed E-state index contributed by atoms with van der Waals surface area (Å²) in [6, 6.07) is 8.21. The van der Waals surface area contributed by atoms with E-state index in [2.05, 4.69) is 29.0 Å². The first kappa shape index (κ1) is 14.0. The van der Waals surface area contributed by atoms with Gasteiger partial charge in [-0.25, -0.2) is 0 Å². The van der Waals surface area contributed by atoms with E-state index in [1.54, 1.807) is 0 Å². The average Bonchev–Trinajstić information content (AvgIpc) is 2.81. The molecule has 3 N–H and O–H groups in total. The van der Waals surface area contributed by atoms with Gasteiger partial charge in [0.15, 0.2) is 0 Å². The zero-order valence-electron chi connectivity index (χ0n) is 11.0. The van der Waals surface area contributed by atoms with Crippen molar-refractivity contribution in [2.24, 2.45) is 5.73 Å². The lowest BCUT2D eigenvalue weighted by Crippen LogP contribution is -2.09. The third kappa shape index (κ3) is 3.55. The van der Waals surface area contributed by atoms with Gasteiger partial charge in [-0.1, -0.05) is 37.2 Å². The number of aliphatic hydroxyl groups is 1. The van der Waals surface area contributed by atoms with E-state index in [0.717, 1.165) is 37.8 Å². The molecule has 2 rings (SSSR count). The molecule has 1 aromatic heterocycles. The van der Waals surface area contributed by atoms with Crippen LogP contribution in [0.2, 0.25) is 0 Å². The van der Waals surface area contributed by atoms with Crippen molar-refractivity contribution in [3.63, 3.8) is 0 Å². The molecule has 102 valence electrons. The molecular formula is C15H20N2OS. The molecule has 0 spiro atoms. The number of rotatable bonds is 7. The molecule has 0 aliphatic rings. The number of nitrogens with zero attached hydrogens (tertiary/aromatic N) is 1. The Hall–Kier alpha value is -1.39. The lowest BCUT2D eigenvalue weighted by Gasteiger charge is -2.06. The highest BCUT2D eigenvalue weighted by Crippen LogP contribution is 2.18. The molecule has 2 aromatic rings. The molecule has 0 radical (unpaired) electrons. The van der Waals surface area contributed by atoms with Crippen molar-refractivity contribution in [1.82, 2.24) is 4.57 Å². The normalized spacial score (nSPS) is 11.0. The maximum absolute atomic E-state index is 8.74. The number of aliphatic hydroxyl groups excluding tert-OH is 1. The predicted molar refractivity (Wildman–Crippen MR) is 83.4 cm³/mol. The fourth-order valence-corrected chi connectivity index (χ4v) is 2.41. The maximum Gasteiger partial charge on any atom is 0.104 e. The molecule has 0 saturated heterocycles. The molecule has 0 atom stereocenters. The average molecular weight is 276 g/mol. The Morgan fingerprint density at radius 3 is 2.68 bits per heavy atom. The van der Waals surface area contributed by atoms with E-state index in [1.165, 1.54) is 10.9 Å². The van der Waals surface area contributed by atoms with E-state index in [4.69, 9.17) is 23.1 Å². The van der Waals surface area contributed by atoms with E-state index >= 15 is 0 Å². The Labute approximate surface area is 119 Å². The number of hydrogen-bond donors (Lipinski definition) is 2. The highest BCUT2D eigenvalue weighted by Gasteiger charge is 2.03. The molecule has 0 fully saturated rings. The SMILES string of the molecule is NC(=S)c1ccc2ccn(CCCCCCO)c2c1. The molecule has 19 heavy (non-hydrogen) atoms. The second-order valence-corrected chi connectivity index (χ2v) is 5.22. The van der Waals surface area contributed by atoms with Crippen molar-refractivity contribution < 1.29 is 5.11 Å². The quantitative estimate of drug-likeness (QED) is 0.604. The Bertz CT molecular complexity index is 562. The van der Waals surface area contributed by atoms with Gasteiger partial charge in [0.05, 0.1) is 0 Å². The van der Waals surface area contributed by atoms with Gasteiger partial charge >= 0.3 is 0 Å². The zero-order valence-corrected chi connectivity index (χ0v) is 11.8. The summed E-state index contributed by atoms with van der Waals surface area (Å²) in [5, 5.41) is 9.96. The largest absolute Gasteiger partial charge is 0.396 e. The van der Waals surface area contributed by atoms with Crippen molar-refractivity contribution in [2.75, 3.05) is 6.61 Å². The summed E-state index contributed by atoms with van der Waals surface area (Å²) in [4.78, 5) is 0.442. The number of fused-ring (bicyclic) bond motifs is 1. The molecule has 4 heteroatoms. The van der Waals surface area contributed by atoms with Crippen molar-refractivity contribution >= 4 is 28.1 Å². The fraction of sp³-hybridized carbons (Fsp3) is 0.400. The van der Waals surface area contributed by atoms with Gasteiger partial charge in [0.25, 0.3) is 0 Å². The predicted octanol–water partition coefficient (Wildman–Crippen LogP) is 2.83. The number of unbranched alkanes of at least 4 members (excludes halogenated alkanes) is 3. The van der Waals surface area contributed by atoms with Crippen LogP contribution in [-0.4, -0.2) is 21.3 Å². The molecule has 1 heterocycles. The summed E-state index contributed by atoms with van der Waals surface area (Å²) < 4.78 is 2.25. The zero-order chi connectivity index (χ0) is 13.7. The summed E-state index contributed by atoms with van der Waals surface area (Å²) in [7, 11) is 0. The summed E-state index contributed by atoms with van der Waals surface area (Å²) in [6.45, 7) is 1.29. The van der Waals surface area contributed by atoms with Crippen molar-refractivity contribution in [3.05, 3.63) is 36.0 Å². The Balaban J connectivity index is 2.06. The van der Waals surface area contributed by atoms with Crippen LogP contribution in [0.3, 0.4) is 0 Å². The third-order valence-electron chi connectivity index (χ3n) is 3.37. The first-order valence-electron chi connectivity index (χ1n) is 6.72. The molecule has 3 nitrogen and oxygen atoms in total. The second kappa shape index (κ2) is 6.68. The topological polar surface area (TPSA) is 51.2 Å². The molecule has 0 saturated carbocycles. The number of nitrogens with two attached hydrogens (primary N) is 1. The van der Waals surface area contributed by atoms with E-state index in [9.17, 15) is 0 Å². The van der Waals surface area contributed by atoms with Gasteiger partial charge in [0.2, 0.25) is 0 Å². The van der Waals surface area contributed by atoms with Gasteiger partial charge in [-0.2, -0.15) is 0 Å². The maximum atomic E-state index is 8.74. The molecule has 0 aliphatic heterocycles. The number of hydrogen-bond acceptors (Lipinski definition) is 2. The number of aryl methyl sites for hydroxylation is 1. The third-order valence-corrected chi connectivity index (χ3v) is 3.60. The van der Waals surface area contributed by atoms with Gasteiger partial charge < -0.3 is 15.4 Å². The van der Waals surface area contributed by atoms with Crippen LogP contribution in [0.15, 0.2) is 30.5 Å². The number of benzene rings is 1. The first-order chi connectivity index (χ1) is 9.22. The van der Waals surface area contributed by atoms with Crippen molar-refractivity contribution in [2.45, 2.75) is 32.2 Å². The molecule has 0 bridgehead atoms. The van der Waals surface area contributed by atoms with Crippen molar-refractivity contribution in [1.29, 1.82) is 0 Å². The number of thiocarbonyl (C=S) groups is 1. The summed E-state index contributed by atoms with van der Waals surface area (Å²) in [5.41, 5.74) is 7.78. The molecule has 1 aromatic carbocycles. The van der Waals surface area contributed by atoms with E-state index in [1.807, 2.05) is 6.07 Å². The monoisotopic (exact) mass is 276 g/mol. The van der Waals surface area contributed by atoms with Crippen LogP contribution in [0.1, 0.15) is 31.2 Å². The van der Waals surface area contributed by atoms with Gasteiger partial charge in [0.1, 0.15) is 4.99 Å². The second-order valence-electron chi connectivity index (χ2n) is 4.78. The Kier molecular flexibility index (Phi) is 4.93. The van der Waals surface area contributed by atoms with Crippen LogP contribution in [0.5, 0.6) is 0 Å². The van der Waals surface area contributed by atoms with E-state index in [0.29, 0.717) is 11.6 Å². The number of aromatic nitrogens is 1. The minimum Gasteiger partial charge on any atom is -0.396 e. The standard InChI is InChI=1S/C15H20N2OS/c16-15(19)13-6-5-12-7-9-17(14(12)11-13)8-3-1-2-4-10-18/h5-7,9,11,18H,1-4,8,10H2,(H2,16,19). The summed E-state index contributed by atoms with van der Waals surface area (Å²) in [5.74, 6) is 0.